The highest BCUT2D eigenvalue weighted by Crippen LogP contribution is 2.34. The van der Waals surface area contributed by atoms with Crippen LogP contribution in [0, 0.1) is 0 Å². The molecule has 0 aliphatic heterocycles. The van der Waals surface area contributed by atoms with Gasteiger partial charge in [0.15, 0.2) is 0 Å². The van der Waals surface area contributed by atoms with Crippen LogP contribution in [0.25, 0.3) is 28.4 Å². The summed E-state index contributed by atoms with van der Waals surface area (Å²) in [5.41, 5.74) is 8.20. The molecule has 114 valence electrons. The summed E-state index contributed by atoms with van der Waals surface area (Å²) in [5.74, 6) is 0.940. The number of allylic oxidation sites excluding steroid dienone is 1. The molecule has 0 N–H and O–H groups in total. The van der Waals surface area contributed by atoms with Gasteiger partial charge in [-0.05, 0) is 43.4 Å². The van der Waals surface area contributed by atoms with Crippen LogP contribution >= 0.6 is 0 Å². The summed E-state index contributed by atoms with van der Waals surface area (Å²) < 4.78 is 6.14. The predicted molar refractivity (Wildman–Crippen MR) is 96.2 cm³/mol. The molecule has 0 saturated heterocycles. The fraction of sp³-hybridized carbons (Fsp3) is 0.227. The Hall–Kier alpha value is -2.50. The first-order chi connectivity index (χ1) is 11.4. The number of benzene rings is 2. The Balaban J connectivity index is 1.88. The maximum Gasteiger partial charge on any atom is 0.143 e. The first-order valence-electron chi connectivity index (χ1n) is 8.43. The highest BCUT2D eigenvalue weighted by molar-refractivity contribution is 5.94. The molecule has 1 fully saturated rings. The van der Waals surface area contributed by atoms with Crippen molar-refractivity contribution >= 4 is 17.0 Å². The van der Waals surface area contributed by atoms with E-state index in [2.05, 4.69) is 48.2 Å². The summed E-state index contributed by atoms with van der Waals surface area (Å²) in [7, 11) is 0. The molecule has 4 rings (SSSR count). The van der Waals surface area contributed by atoms with Gasteiger partial charge in [0, 0.05) is 16.5 Å². The minimum Gasteiger partial charge on any atom is -0.455 e. The number of hydrogen-bond donors (Lipinski definition) is 0. The van der Waals surface area contributed by atoms with Crippen LogP contribution in [0.15, 0.2) is 70.3 Å². The average Bonchev–Trinajstić information content (AvgIpc) is 3.00. The Labute approximate surface area is 136 Å². The van der Waals surface area contributed by atoms with Gasteiger partial charge >= 0.3 is 0 Å². The molecular weight excluding hydrogens is 280 g/mol. The van der Waals surface area contributed by atoms with Gasteiger partial charge in [0.1, 0.15) is 11.3 Å². The first kappa shape index (κ1) is 14.1. The van der Waals surface area contributed by atoms with Crippen molar-refractivity contribution in [3.8, 4) is 11.3 Å². The van der Waals surface area contributed by atoms with Gasteiger partial charge in [0.2, 0.25) is 0 Å². The van der Waals surface area contributed by atoms with Crippen molar-refractivity contribution < 1.29 is 4.42 Å². The molecule has 3 aromatic rings. The second-order valence-corrected chi connectivity index (χ2v) is 6.16. The molecule has 1 heteroatoms. The average molecular weight is 300 g/mol. The molecular formula is C22H20O. The van der Waals surface area contributed by atoms with Crippen molar-refractivity contribution in [3.63, 3.8) is 0 Å². The standard InChI is InChI=1S/C22H20O/c1-3-9-17(10-4-1)15-16-20-19-13-7-8-14-21(19)23-22(20)18-11-5-2-6-12-18/h2,5-8,11-14,16H,1,3-4,9-10H2. The summed E-state index contributed by atoms with van der Waals surface area (Å²) in [6, 6.07) is 18.6. The molecule has 0 atom stereocenters. The van der Waals surface area contributed by atoms with Crippen molar-refractivity contribution in [3.05, 3.63) is 71.5 Å². The molecule has 0 spiro atoms. The number of para-hydroxylation sites is 1. The largest absolute Gasteiger partial charge is 0.455 e. The SMILES string of the molecule is C(=Cc1c(-c2ccccc2)oc2ccccc12)=C1CCCCC1. The summed E-state index contributed by atoms with van der Waals surface area (Å²) >= 11 is 0. The smallest absolute Gasteiger partial charge is 0.143 e. The molecule has 1 saturated carbocycles. The normalized spacial score (nSPS) is 14.7. The van der Waals surface area contributed by atoms with E-state index in [1.54, 1.807) is 0 Å². The monoisotopic (exact) mass is 300 g/mol. The van der Waals surface area contributed by atoms with Crippen LogP contribution in [0.5, 0.6) is 0 Å². The van der Waals surface area contributed by atoms with Gasteiger partial charge in [-0.25, -0.2) is 0 Å². The number of hydrogen-bond acceptors (Lipinski definition) is 1. The summed E-state index contributed by atoms with van der Waals surface area (Å²) in [5, 5.41) is 1.16. The summed E-state index contributed by atoms with van der Waals surface area (Å²) in [4.78, 5) is 0. The van der Waals surface area contributed by atoms with Crippen LogP contribution in [-0.4, -0.2) is 0 Å². The zero-order chi connectivity index (χ0) is 15.5. The van der Waals surface area contributed by atoms with E-state index >= 15 is 0 Å². The zero-order valence-corrected chi connectivity index (χ0v) is 13.2. The number of fused-ring (bicyclic) bond motifs is 1. The van der Waals surface area contributed by atoms with Gasteiger partial charge in [-0.3, -0.25) is 0 Å². The van der Waals surface area contributed by atoms with Crippen LogP contribution in [0.4, 0.5) is 0 Å². The number of rotatable bonds is 2. The molecule has 1 heterocycles. The second kappa shape index (κ2) is 6.32. The summed E-state index contributed by atoms with van der Waals surface area (Å²) in [6.07, 6.45) is 8.46. The van der Waals surface area contributed by atoms with E-state index in [0.29, 0.717) is 0 Å². The van der Waals surface area contributed by atoms with Gasteiger partial charge in [0.05, 0.1) is 0 Å². The maximum absolute atomic E-state index is 6.14. The Morgan fingerprint density at radius 1 is 0.826 bits per heavy atom. The van der Waals surface area contributed by atoms with Gasteiger partial charge in [0.25, 0.3) is 0 Å². The molecule has 0 radical (unpaired) electrons. The molecule has 1 aromatic heterocycles. The van der Waals surface area contributed by atoms with E-state index in [4.69, 9.17) is 4.42 Å². The van der Waals surface area contributed by atoms with E-state index in [0.717, 1.165) is 27.9 Å². The second-order valence-electron chi connectivity index (χ2n) is 6.16. The van der Waals surface area contributed by atoms with Crippen LogP contribution in [0.1, 0.15) is 37.7 Å². The van der Waals surface area contributed by atoms with Gasteiger partial charge in [-0.15, -0.1) is 5.73 Å². The quantitative estimate of drug-likeness (QED) is 0.486. The Bertz CT molecular complexity index is 869. The van der Waals surface area contributed by atoms with E-state index in [1.807, 2.05) is 18.2 Å². The van der Waals surface area contributed by atoms with E-state index < -0.39 is 0 Å². The maximum atomic E-state index is 6.14. The lowest BCUT2D eigenvalue weighted by Crippen LogP contribution is -1.91. The van der Waals surface area contributed by atoms with Crippen LogP contribution in [-0.2, 0) is 0 Å². The molecule has 1 aliphatic rings. The lowest BCUT2D eigenvalue weighted by molar-refractivity contribution is 0.600. The lowest BCUT2D eigenvalue weighted by Gasteiger charge is -2.10. The van der Waals surface area contributed by atoms with Gasteiger partial charge in [-0.2, -0.15) is 0 Å². The molecule has 0 unspecified atom stereocenters. The third-order valence-corrected chi connectivity index (χ3v) is 4.55. The number of furan rings is 1. The predicted octanol–water partition coefficient (Wildman–Crippen LogP) is 6.60. The van der Waals surface area contributed by atoms with Crippen molar-refractivity contribution in [2.24, 2.45) is 0 Å². The fourth-order valence-corrected chi connectivity index (χ4v) is 3.31. The van der Waals surface area contributed by atoms with Gasteiger partial charge in [-0.1, -0.05) is 55.0 Å². The van der Waals surface area contributed by atoms with Crippen molar-refractivity contribution in [1.29, 1.82) is 0 Å². The Kier molecular flexibility index (Phi) is 3.88. The summed E-state index contributed by atoms with van der Waals surface area (Å²) in [6.45, 7) is 0. The van der Waals surface area contributed by atoms with E-state index in [-0.39, 0.29) is 0 Å². The lowest BCUT2D eigenvalue weighted by atomic mass is 9.95. The molecule has 2 aromatic carbocycles. The van der Waals surface area contributed by atoms with Crippen LogP contribution in [0.3, 0.4) is 0 Å². The Morgan fingerprint density at radius 2 is 1.57 bits per heavy atom. The van der Waals surface area contributed by atoms with Crippen LogP contribution in [0.2, 0.25) is 0 Å². The molecule has 0 bridgehead atoms. The minimum absolute atomic E-state index is 0.938. The first-order valence-corrected chi connectivity index (χ1v) is 8.43. The Morgan fingerprint density at radius 3 is 2.39 bits per heavy atom. The van der Waals surface area contributed by atoms with Crippen molar-refractivity contribution in [2.45, 2.75) is 32.1 Å². The molecule has 0 amide bonds. The highest BCUT2D eigenvalue weighted by atomic mass is 16.3. The van der Waals surface area contributed by atoms with Crippen molar-refractivity contribution in [1.82, 2.24) is 0 Å². The molecule has 1 aliphatic carbocycles. The topological polar surface area (TPSA) is 13.1 Å². The van der Waals surface area contributed by atoms with E-state index in [9.17, 15) is 0 Å². The third-order valence-electron chi connectivity index (χ3n) is 4.55. The molecule has 23 heavy (non-hydrogen) atoms. The van der Waals surface area contributed by atoms with Crippen LogP contribution < -0.4 is 0 Å². The zero-order valence-electron chi connectivity index (χ0n) is 13.2. The highest BCUT2D eigenvalue weighted by Gasteiger charge is 2.13. The molecule has 1 nitrogen and oxygen atoms in total. The fourth-order valence-electron chi connectivity index (χ4n) is 3.31. The van der Waals surface area contributed by atoms with E-state index in [1.165, 1.54) is 37.7 Å². The minimum atomic E-state index is 0.938. The van der Waals surface area contributed by atoms with Gasteiger partial charge < -0.3 is 4.42 Å². The third kappa shape index (κ3) is 2.88. The van der Waals surface area contributed by atoms with Crippen molar-refractivity contribution in [2.75, 3.05) is 0 Å².